The fourth-order valence-corrected chi connectivity index (χ4v) is 2.43. The lowest BCUT2D eigenvalue weighted by Gasteiger charge is -2.30. The number of aromatic carboxylic acids is 1. The van der Waals surface area contributed by atoms with Crippen LogP contribution in [-0.4, -0.2) is 34.5 Å². The van der Waals surface area contributed by atoms with Crippen molar-refractivity contribution in [3.05, 3.63) is 34.9 Å². The third-order valence-corrected chi connectivity index (χ3v) is 3.35. The summed E-state index contributed by atoms with van der Waals surface area (Å²) >= 11 is 0. The molecule has 1 amide bonds. The van der Waals surface area contributed by atoms with E-state index < -0.39 is 5.97 Å². The van der Waals surface area contributed by atoms with Gasteiger partial charge in [0.05, 0.1) is 5.56 Å². The molecule has 1 unspecified atom stereocenters. The predicted octanol–water partition coefficient (Wildman–Crippen LogP) is 1.01. The Morgan fingerprint density at radius 2 is 2.21 bits per heavy atom. The summed E-state index contributed by atoms with van der Waals surface area (Å²) in [5.41, 5.74) is 7.75. The average molecular weight is 262 g/mol. The zero-order valence-corrected chi connectivity index (χ0v) is 10.9. The first-order valence-electron chi connectivity index (χ1n) is 6.36. The molecule has 1 aliphatic rings. The predicted molar refractivity (Wildman–Crippen MR) is 70.8 cm³/mol. The number of hydrogen-bond acceptors (Lipinski definition) is 3. The number of hydrogen-bond donors (Lipinski definition) is 2. The minimum Gasteiger partial charge on any atom is -0.478 e. The van der Waals surface area contributed by atoms with Gasteiger partial charge in [-0.15, -0.1) is 0 Å². The number of benzene rings is 1. The van der Waals surface area contributed by atoms with E-state index in [1.807, 2.05) is 6.07 Å². The van der Waals surface area contributed by atoms with Gasteiger partial charge in [-0.3, -0.25) is 4.79 Å². The van der Waals surface area contributed by atoms with Gasteiger partial charge in [0.15, 0.2) is 0 Å². The first-order valence-corrected chi connectivity index (χ1v) is 6.36. The van der Waals surface area contributed by atoms with Crippen LogP contribution in [-0.2, 0) is 17.8 Å². The summed E-state index contributed by atoms with van der Waals surface area (Å²) in [4.78, 5) is 24.9. The first-order chi connectivity index (χ1) is 8.99. The van der Waals surface area contributed by atoms with Crippen LogP contribution in [0.1, 0.15) is 34.8 Å². The maximum atomic E-state index is 12.0. The number of carbonyl (C=O) groups is 2. The third kappa shape index (κ3) is 2.93. The Balaban J connectivity index is 2.19. The highest BCUT2D eigenvalue weighted by Crippen LogP contribution is 2.23. The fourth-order valence-electron chi connectivity index (χ4n) is 2.43. The summed E-state index contributed by atoms with van der Waals surface area (Å²) in [6.07, 6.45) is 0.913. The lowest BCUT2D eigenvalue weighted by molar-refractivity contribution is -0.132. The van der Waals surface area contributed by atoms with Crippen LogP contribution >= 0.6 is 0 Å². The second-order valence-corrected chi connectivity index (χ2v) is 5.00. The molecule has 0 bridgehead atoms. The fraction of sp³-hybridized carbons (Fsp3) is 0.429. The Labute approximate surface area is 112 Å². The zero-order chi connectivity index (χ0) is 14.0. The van der Waals surface area contributed by atoms with E-state index in [1.54, 1.807) is 24.0 Å². The van der Waals surface area contributed by atoms with Gasteiger partial charge in [-0.25, -0.2) is 4.79 Å². The summed E-state index contributed by atoms with van der Waals surface area (Å²) in [6, 6.07) is 5.06. The maximum absolute atomic E-state index is 12.0. The molecule has 1 aliphatic heterocycles. The van der Waals surface area contributed by atoms with Crippen LogP contribution in [0.2, 0.25) is 0 Å². The lowest BCUT2D eigenvalue weighted by atomic mass is 9.94. The number of carboxylic acid groups (broad SMARTS) is 1. The van der Waals surface area contributed by atoms with Crippen LogP contribution in [0.15, 0.2) is 18.2 Å². The minimum atomic E-state index is -0.910. The van der Waals surface area contributed by atoms with Gasteiger partial charge in [0.2, 0.25) is 5.91 Å². The standard InChI is InChI=1S/C14H18N2O3/c1-9(15)7-13(17)16-6-5-11-10(8-16)3-2-4-12(11)14(18)19/h2-4,9H,5-8,15H2,1H3,(H,18,19). The highest BCUT2D eigenvalue weighted by atomic mass is 16.4. The van der Waals surface area contributed by atoms with E-state index in [2.05, 4.69) is 0 Å². The number of nitrogens with zero attached hydrogens (tertiary/aromatic N) is 1. The van der Waals surface area contributed by atoms with Crippen molar-refractivity contribution in [3.63, 3.8) is 0 Å². The number of amides is 1. The van der Waals surface area contributed by atoms with E-state index in [1.165, 1.54) is 0 Å². The Morgan fingerprint density at radius 3 is 2.84 bits per heavy atom. The van der Waals surface area contributed by atoms with Crippen LogP contribution in [0.25, 0.3) is 0 Å². The molecule has 0 radical (unpaired) electrons. The van der Waals surface area contributed by atoms with Gasteiger partial charge in [0.1, 0.15) is 0 Å². The van der Waals surface area contributed by atoms with Crippen molar-refractivity contribution in [2.24, 2.45) is 5.73 Å². The molecule has 0 aliphatic carbocycles. The molecule has 0 saturated carbocycles. The molecule has 0 fully saturated rings. The number of fused-ring (bicyclic) bond motifs is 1. The van der Waals surface area contributed by atoms with Crippen LogP contribution in [0.3, 0.4) is 0 Å². The van der Waals surface area contributed by atoms with E-state index in [-0.39, 0.29) is 11.9 Å². The van der Waals surface area contributed by atoms with Crippen molar-refractivity contribution < 1.29 is 14.7 Å². The molecule has 3 N–H and O–H groups in total. The van der Waals surface area contributed by atoms with E-state index >= 15 is 0 Å². The normalized spacial score (nSPS) is 15.8. The minimum absolute atomic E-state index is 0.0291. The quantitative estimate of drug-likeness (QED) is 0.851. The molecule has 1 aromatic carbocycles. The molecule has 0 aromatic heterocycles. The topological polar surface area (TPSA) is 83.6 Å². The maximum Gasteiger partial charge on any atom is 0.335 e. The van der Waals surface area contributed by atoms with Crippen LogP contribution in [0.4, 0.5) is 0 Å². The van der Waals surface area contributed by atoms with Gasteiger partial charge in [-0.1, -0.05) is 12.1 Å². The largest absolute Gasteiger partial charge is 0.478 e. The molecule has 0 saturated heterocycles. The number of carbonyl (C=O) groups excluding carboxylic acids is 1. The second-order valence-electron chi connectivity index (χ2n) is 5.00. The summed E-state index contributed by atoms with van der Waals surface area (Å²) in [6.45, 7) is 2.84. The van der Waals surface area contributed by atoms with Gasteiger partial charge in [0.25, 0.3) is 0 Å². The first kappa shape index (κ1) is 13.5. The molecule has 1 heterocycles. The molecule has 19 heavy (non-hydrogen) atoms. The average Bonchev–Trinajstić information content (AvgIpc) is 2.36. The van der Waals surface area contributed by atoms with Crippen molar-refractivity contribution in [3.8, 4) is 0 Å². The molecule has 102 valence electrons. The van der Waals surface area contributed by atoms with E-state index in [0.717, 1.165) is 11.1 Å². The van der Waals surface area contributed by atoms with Gasteiger partial charge >= 0.3 is 5.97 Å². The molecular formula is C14H18N2O3. The molecule has 1 atom stereocenters. The zero-order valence-electron chi connectivity index (χ0n) is 10.9. The number of nitrogens with two attached hydrogens (primary N) is 1. The number of rotatable bonds is 3. The highest BCUT2D eigenvalue weighted by molar-refractivity contribution is 5.90. The number of carboxylic acids is 1. The van der Waals surface area contributed by atoms with Crippen molar-refractivity contribution >= 4 is 11.9 Å². The molecule has 2 rings (SSSR count). The van der Waals surface area contributed by atoms with Crippen molar-refractivity contribution in [1.29, 1.82) is 0 Å². The highest BCUT2D eigenvalue weighted by Gasteiger charge is 2.24. The van der Waals surface area contributed by atoms with Crippen LogP contribution in [0.5, 0.6) is 0 Å². The molecular weight excluding hydrogens is 244 g/mol. The van der Waals surface area contributed by atoms with E-state index in [0.29, 0.717) is 31.5 Å². The van der Waals surface area contributed by atoms with Crippen LogP contribution < -0.4 is 5.73 Å². The summed E-state index contributed by atoms with van der Waals surface area (Å²) < 4.78 is 0. The Kier molecular flexibility index (Phi) is 3.85. The Hall–Kier alpha value is -1.88. The molecule has 0 spiro atoms. The Morgan fingerprint density at radius 1 is 1.47 bits per heavy atom. The molecule has 5 heteroatoms. The van der Waals surface area contributed by atoms with Gasteiger partial charge < -0.3 is 15.7 Å². The summed E-state index contributed by atoms with van der Waals surface area (Å²) in [5, 5.41) is 9.14. The monoisotopic (exact) mass is 262 g/mol. The Bertz CT molecular complexity index is 511. The van der Waals surface area contributed by atoms with Crippen LogP contribution in [0, 0.1) is 0 Å². The van der Waals surface area contributed by atoms with Crippen molar-refractivity contribution in [2.75, 3.05) is 6.54 Å². The van der Waals surface area contributed by atoms with E-state index in [9.17, 15) is 9.59 Å². The van der Waals surface area contributed by atoms with Crippen molar-refractivity contribution in [2.45, 2.75) is 32.4 Å². The van der Waals surface area contributed by atoms with Gasteiger partial charge in [-0.2, -0.15) is 0 Å². The van der Waals surface area contributed by atoms with Gasteiger partial charge in [-0.05, 0) is 30.5 Å². The van der Waals surface area contributed by atoms with Crippen molar-refractivity contribution in [1.82, 2.24) is 4.90 Å². The second kappa shape index (κ2) is 5.40. The molecule has 1 aromatic rings. The SMILES string of the molecule is CC(N)CC(=O)N1CCc2c(cccc2C(=O)O)C1. The van der Waals surface area contributed by atoms with E-state index in [4.69, 9.17) is 10.8 Å². The van der Waals surface area contributed by atoms with Gasteiger partial charge in [0, 0.05) is 25.6 Å². The summed E-state index contributed by atoms with van der Waals surface area (Å²) in [5.74, 6) is -0.881. The summed E-state index contributed by atoms with van der Waals surface area (Å²) in [7, 11) is 0. The lowest BCUT2D eigenvalue weighted by Crippen LogP contribution is -2.38. The third-order valence-electron chi connectivity index (χ3n) is 3.35. The molecule has 5 nitrogen and oxygen atoms in total. The smallest absolute Gasteiger partial charge is 0.335 e.